The lowest BCUT2D eigenvalue weighted by molar-refractivity contribution is -0.148. The number of nitrogens with two attached hydrogens (primary N) is 1. The van der Waals surface area contributed by atoms with Gasteiger partial charge in [0, 0.05) is 5.56 Å². The Kier molecular flexibility index (Phi) is 4.28. The number of nitrogens with zero attached hydrogens (tertiary/aromatic N) is 2. The van der Waals surface area contributed by atoms with E-state index in [9.17, 15) is 22.4 Å². The summed E-state index contributed by atoms with van der Waals surface area (Å²) in [6, 6.07) is 0. The molecule has 0 aromatic carbocycles. The Hall–Kier alpha value is -1.93. The van der Waals surface area contributed by atoms with Gasteiger partial charge >= 0.3 is 12.3 Å². The molecule has 0 saturated heterocycles. The van der Waals surface area contributed by atoms with Gasteiger partial charge in [-0.3, -0.25) is 4.79 Å². The second-order valence-electron chi connectivity index (χ2n) is 3.82. The average Bonchev–Trinajstić information content (AvgIpc) is 2.30. The number of rotatable bonds is 5. The van der Waals surface area contributed by atoms with E-state index in [1.54, 1.807) is 0 Å². The number of halogens is 4. The lowest BCUT2D eigenvalue weighted by atomic mass is 10.1. The fourth-order valence-electron chi connectivity index (χ4n) is 1.18. The van der Waals surface area contributed by atoms with Crippen LogP contribution in [0.3, 0.4) is 0 Å². The Balaban J connectivity index is 2.93. The first-order chi connectivity index (χ1) is 8.66. The molecule has 0 spiro atoms. The second-order valence-corrected chi connectivity index (χ2v) is 3.82. The molecule has 9 heteroatoms. The smallest absolute Gasteiger partial charge is 0.340 e. The highest BCUT2D eigenvalue weighted by Gasteiger charge is 2.42. The minimum atomic E-state index is -4.29. The van der Waals surface area contributed by atoms with Crippen LogP contribution < -0.4 is 10.5 Å². The largest absolute Gasteiger partial charge is 0.470 e. The van der Waals surface area contributed by atoms with E-state index in [1.807, 2.05) is 0 Å². The molecule has 0 saturated carbocycles. The maximum atomic E-state index is 12.7. The van der Waals surface area contributed by atoms with Gasteiger partial charge in [0.1, 0.15) is 0 Å². The molecule has 0 fully saturated rings. The van der Waals surface area contributed by atoms with Crippen molar-refractivity contribution in [1.82, 2.24) is 10.2 Å². The van der Waals surface area contributed by atoms with Crippen molar-refractivity contribution in [2.24, 2.45) is 5.73 Å². The summed E-state index contributed by atoms with van der Waals surface area (Å²) in [4.78, 5) is 11.0. The Morgan fingerprint density at radius 2 is 1.89 bits per heavy atom. The third kappa shape index (κ3) is 3.30. The van der Waals surface area contributed by atoms with E-state index in [1.165, 1.54) is 13.8 Å². The number of primary amides is 1. The molecule has 19 heavy (non-hydrogen) atoms. The number of hydrogen-bond acceptors (Lipinski definition) is 4. The van der Waals surface area contributed by atoms with E-state index in [2.05, 4.69) is 14.9 Å². The number of carbonyl (C=O) groups excluding carboxylic acids is 1. The van der Waals surface area contributed by atoms with Gasteiger partial charge in [0.15, 0.2) is 12.3 Å². The predicted octanol–water partition coefficient (Wildman–Crippen LogP) is 1.47. The van der Waals surface area contributed by atoms with Crippen LogP contribution in [0.25, 0.3) is 0 Å². The number of ether oxygens (including phenoxy) is 1. The first-order valence-corrected chi connectivity index (χ1v) is 5.09. The van der Waals surface area contributed by atoms with Crippen LogP contribution in [-0.4, -0.2) is 35.1 Å². The molecule has 0 aliphatic heterocycles. The summed E-state index contributed by atoms with van der Waals surface area (Å²) < 4.78 is 53.7. The third-order valence-electron chi connectivity index (χ3n) is 2.43. The third-order valence-corrected chi connectivity index (χ3v) is 2.43. The van der Waals surface area contributed by atoms with Gasteiger partial charge in [-0.1, -0.05) is 0 Å². The topological polar surface area (TPSA) is 78.1 Å². The number of amides is 1. The van der Waals surface area contributed by atoms with Crippen LogP contribution in [-0.2, 0) is 0 Å². The molecule has 0 atom stereocenters. The molecule has 5 nitrogen and oxygen atoms in total. The molecule has 0 aliphatic rings. The van der Waals surface area contributed by atoms with Gasteiger partial charge < -0.3 is 10.5 Å². The lowest BCUT2D eigenvalue weighted by Crippen LogP contribution is -2.34. The van der Waals surface area contributed by atoms with E-state index in [4.69, 9.17) is 5.73 Å². The summed E-state index contributed by atoms with van der Waals surface area (Å²) in [5.74, 6) is -5.47. The minimum Gasteiger partial charge on any atom is -0.470 e. The van der Waals surface area contributed by atoms with Gasteiger partial charge in [-0.2, -0.15) is 8.78 Å². The van der Waals surface area contributed by atoms with Crippen LogP contribution in [0.15, 0.2) is 0 Å². The number of alkyl halides is 4. The fourth-order valence-corrected chi connectivity index (χ4v) is 1.18. The van der Waals surface area contributed by atoms with E-state index >= 15 is 0 Å². The van der Waals surface area contributed by atoms with E-state index in [0.717, 1.165) is 0 Å². The molecule has 1 aromatic rings. The summed E-state index contributed by atoms with van der Waals surface area (Å²) in [6.45, 7) is 1.35. The van der Waals surface area contributed by atoms with Gasteiger partial charge in [0.2, 0.25) is 5.88 Å². The zero-order valence-corrected chi connectivity index (χ0v) is 10.1. The molecule has 106 valence electrons. The Bertz CT molecular complexity index is 494. The van der Waals surface area contributed by atoms with Crippen molar-refractivity contribution in [2.75, 3.05) is 6.61 Å². The summed E-state index contributed by atoms with van der Waals surface area (Å²) in [5.41, 5.74) is 5.40. The summed E-state index contributed by atoms with van der Waals surface area (Å²) in [7, 11) is 0. The van der Waals surface area contributed by atoms with Crippen LogP contribution in [0.2, 0.25) is 0 Å². The zero-order valence-electron chi connectivity index (χ0n) is 10.1. The Morgan fingerprint density at radius 1 is 1.32 bits per heavy atom. The normalized spacial score (nSPS) is 11.7. The molecule has 1 amide bonds. The zero-order chi connectivity index (χ0) is 14.8. The van der Waals surface area contributed by atoms with Crippen molar-refractivity contribution in [2.45, 2.75) is 26.2 Å². The van der Waals surface area contributed by atoms with Gasteiger partial charge in [-0.15, -0.1) is 10.2 Å². The molecule has 0 aliphatic carbocycles. The minimum absolute atomic E-state index is 0.134. The lowest BCUT2D eigenvalue weighted by Gasteiger charge is -2.16. The fraction of sp³-hybridized carbons (Fsp3) is 0.500. The Morgan fingerprint density at radius 3 is 2.37 bits per heavy atom. The summed E-state index contributed by atoms with van der Waals surface area (Å²) in [5, 5.41) is 6.77. The van der Waals surface area contributed by atoms with E-state index in [0.29, 0.717) is 0 Å². The van der Waals surface area contributed by atoms with Gasteiger partial charge in [-0.25, -0.2) is 8.78 Å². The van der Waals surface area contributed by atoms with Gasteiger partial charge in [0.25, 0.3) is 5.91 Å². The van der Waals surface area contributed by atoms with Crippen LogP contribution >= 0.6 is 0 Å². The standard InChI is InChI=1S/C10H11F4N3O2/c1-4-5(2)8(17-16-6(4)7(15)18)19-3-10(13,14)9(11)12/h9H,3H2,1-2H3,(H2,15,18). The van der Waals surface area contributed by atoms with Crippen molar-refractivity contribution < 1.29 is 27.1 Å². The van der Waals surface area contributed by atoms with Crippen LogP contribution in [0.1, 0.15) is 21.6 Å². The van der Waals surface area contributed by atoms with Crippen molar-refractivity contribution in [3.8, 4) is 5.88 Å². The van der Waals surface area contributed by atoms with E-state index < -0.39 is 24.9 Å². The van der Waals surface area contributed by atoms with Crippen molar-refractivity contribution in [1.29, 1.82) is 0 Å². The number of carbonyl (C=O) groups is 1. The van der Waals surface area contributed by atoms with Crippen molar-refractivity contribution in [3.63, 3.8) is 0 Å². The second kappa shape index (κ2) is 5.37. The molecule has 2 N–H and O–H groups in total. The molecular formula is C10H11F4N3O2. The first-order valence-electron chi connectivity index (χ1n) is 5.09. The number of hydrogen-bond donors (Lipinski definition) is 1. The summed E-state index contributed by atoms with van der Waals surface area (Å²) >= 11 is 0. The molecular weight excluding hydrogens is 270 g/mol. The molecule has 0 bridgehead atoms. The van der Waals surface area contributed by atoms with Crippen LogP contribution in [0.5, 0.6) is 5.88 Å². The van der Waals surface area contributed by atoms with Crippen molar-refractivity contribution >= 4 is 5.91 Å². The number of aromatic nitrogens is 2. The maximum Gasteiger partial charge on any atom is 0.340 e. The predicted molar refractivity (Wildman–Crippen MR) is 56.5 cm³/mol. The first kappa shape index (κ1) is 15.1. The van der Waals surface area contributed by atoms with Gasteiger partial charge in [0.05, 0.1) is 0 Å². The van der Waals surface area contributed by atoms with Crippen molar-refractivity contribution in [3.05, 3.63) is 16.8 Å². The molecule has 1 aromatic heterocycles. The highest BCUT2D eigenvalue weighted by atomic mass is 19.3. The van der Waals surface area contributed by atoms with Crippen LogP contribution in [0.4, 0.5) is 17.6 Å². The molecule has 1 heterocycles. The highest BCUT2D eigenvalue weighted by molar-refractivity contribution is 5.92. The van der Waals surface area contributed by atoms with Gasteiger partial charge in [-0.05, 0) is 19.4 Å². The molecule has 0 radical (unpaired) electrons. The van der Waals surface area contributed by atoms with Crippen LogP contribution in [0, 0.1) is 13.8 Å². The highest BCUT2D eigenvalue weighted by Crippen LogP contribution is 2.25. The van der Waals surface area contributed by atoms with E-state index in [-0.39, 0.29) is 22.7 Å². The molecule has 0 unspecified atom stereocenters. The SMILES string of the molecule is Cc1c(OCC(F)(F)C(F)F)nnc(C(N)=O)c1C. The maximum absolute atomic E-state index is 12.7. The average molecular weight is 281 g/mol. The molecule has 1 rings (SSSR count). The quantitative estimate of drug-likeness (QED) is 0.829. The Labute approximate surface area is 105 Å². The summed E-state index contributed by atoms with van der Waals surface area (Å²) in [6.07, 6.45) is -3.84. The monoisotopic (exact) mass is 281 g/mol.